The van der Waals surface area contributed by atoms with Crippen LogP contribution in [0, 0.1) is 5.82 Å². The van der Waals surface area contributed by atoms with Gasteiger partial charge in [0.15, 0.2) is 5.69 Å². The lowest BCUT2D eigenvalue weighted by Crippen LogP contribution is -2.47. The van der Waals surface area contributed by atoms with Crippen molar-refractivity contribution in [3.05, 3.63) is 46.7 Å². The van der Waals surface area contributed by atoms with Crippen LogP contribution in [0.2, 0.25) is 0 Å². The van der Waals surface area contributed by atoms with E-state index in [-0.39, 0.29) is 36.9 Å². The molecular formula is C19H23FN4O3S. The maximum absolute atomic E-state index is 14.6. The van der Waals surface area contributed by atoms with Gasteiger partial charge in [0.05, 0.1) is 0 Å². The Morgan fingerprint density at radius 1 is 1.32 bits per heavy atom. The number of nitrogens with zero attached hydrogens (tertiary/aromatic N) is 3. The largest absolute Gasteiger partial charge is 0.396 e. The zero-order chi connectivity index (χ0) is 19.9. The van der Waals surface area contributed by atoms with Gasteiger partial charge in [-0.15, -0.1) is 5.10 Å². The van der Waals surface area contributed by atoms with Crippen molar-refractivity contribution in [3.63, 3.8) is 0 Å². The van der Waals surface area contributed by atoms with E-state index in [9.17, 15) is 19.1 Å². The molecule has 2 N–H and O–H groups in total. The van der Waals surface area contributed by atoms with Gasteiger partial charge in [0.1, 0.15) is 11.9 Å². The van der Waals surface area contributed by atoms with Gasteiger partial charge in [-0.2, -0.15) is 0 Å². The molecule has 0 spiro atoms. The van der Waals surface area contributed by atoms with Crippen molar-refractivity contribution in [3.8, 4) is 0 Å². The van der Waals surface area contributed by atoms with Crippen LogP contribution in [0.15, 0.2) is 29.6 Å². The van der Waals surface area contributed by atoms with Crippen molar-refractivity contribution < 1.29 is 19.1 Å². The average Bonchev–Trinajstić information content (AvgIpc) is 3.39. The molecule has 2 amide bonds. The third-order valence-electron chi connectivity index (χ3n) is 4.86. The van der Waals surface area contributed by atoms with Crippen LogP contribution < -0.4 is 5.32 Å². The highest BCUT2D eigenvalue weighted by atomic mass is 32.1. The first-order valence-electron chi connectivity index (χ1n) is 9.35. The van der Waals surface area contributed by atoms with Gasteiger partial charge in [-0.25, -0.2) is 4.39 Å². The highest BCUT2D eigenvalue weighted by Gasteiger charge is 2.35. The SMILES string of the molecule is O=C(NC1CCCC1)[C@@H](c1ccccc1F)N(CCCO)C(=O)c1csnn1. The summed E-state index contributed by atoms with van der Waals surface area (Å²) in [6, 6.07) is 4.82. The summed E-state index contributed by atoms with van der Waals surface area (Å²) in [6.45, 7) is -0.0721. The minimum Gasteiger partial charge on any atom is -0.396 e. The molecule has 7 nitrogen and oxygen atoms in total. The summed E-state index contributed by atoms with van der Waals surface area (Å²) in [5.41, 5.74) is 0.213. The van der Waals surface area contributed by atoms with Gasteiger partial charge >= 0.3 is 0 Å². The van der Waals surface area contributed by atoms with Gasteiger partial charge < -0.3 is 15.3 Å². The molecule has 150 valence electrons. The number of carbonyl (C=O) groups is 2. The topological polar surface area (TPSA) is 95.4 Å². The smallest absolute Gasteiger partial charge is 0.276 e. The lowest BCUT2D eigenvalue weighted by molar-refractivity contribution is -0.126. The molecule has 28 heavy (non-hydrogen) atoms. The number of hydrogen-bond acceptors (Lipinski definition) is 6. The molecule has 1 aliphatic carbocycles. The summed E-state index contributed by atoms with van der Waals surface area (Å²) < 4.78 is 18.3. The Bertz CT molecular complexity index is 796. The molecule has 2 aromatic rings. The van der Waals surface area contributed by atoms with Gasteiger partial charge in [-0.05, 0) is 36.9 Å². The molecule has 1 aromatic carbocycles. The Morgan fingerprint density at radius 3 is 2.71 bits per heavy atom. The first kappa shape index (κ1) is 20.3. The van der Waals surface area contributed by atoms with Crippen molar-refractivity contribution in [1.82, 2.24) is 19.8 Å². The standard InChI is InChI=1S/C19H23FN4O3S/c20-15-9-4-3-8-14(15)17(18(26)21-13-6-1-2-7-13)24(10-5-11-25)19(27)16-12-28-23-22-16/h3-4,8-9,12-13,17,25H,1-2,5-7,10-11H2,(H,21,26)/t17-/m1/s1. The molecule has 3 rings (SSSR count). The van der Waals surface area contributed by atoms with Gasteiger partial charge in [-0.1, -0.05) is 35.5 Å². The first-order valence-corrected chi connectivity index (χ1v) is 10.2. The number of rotatable bonds is 8. The number of aromatic nitrogens is 2. The Balaban J connectivity index is 1.96. The number of benzene rings is 1. The molecule has 1 heterocycles. The second kappa shape index (κ2) is 9.70. The molecule has 0 bridgehead atoms. The second-order valence-corrected chi connectivity index (χ2v) is 7.39. The molecule has 0 unspecified atom stereocenters. The zero-order valence-electron chi connectivity index (χ0n) is 15.4. The van der Waals surface area contributed by atoms with Crippen molar-refractivity contribution in [2.75, 3.05) is 13.2 Å². The predicted molar refractivity (Wildman–Crippen MR) is 102 cm³/mol. The quantitative estimate of drug-likeness (QED) is 0.701. The van der Waals surface area contributed by atoms with Crippen LogP contribution >= 0.6 is 11.5 Å². The van der Waals surface area contributed by atoms with Crippen LogP contribution in [-0.4, -0.2) is 50.6 Å². The Hall–Kier alpha value is -2.39. The van der Waals surface area contributed by atoms with E-state index in [4.69, 9.17) is 0 Å². The lowest BCUT2D eigenvalue weighted by Gasteiger charge is -2.31. The van der Waals surface area contributed by atoms with Crippen LogP contribution in [0.25, 0.3) is 0 Å². The van der Waals surface area contributed by atoms with Gasteiger partial charge in [0.25, 0.3) is 5.91 Å². The maximum Gasteiger partial charge on any atom is 0.276 e. The lowest BCUT2D eigenvalue weighted by atomic mass is 10.0. The van der Waals surface area contributed by atoms with E-state index in [0.717, 1.165) is 37.2 Å². The molecule has 1 saturated carbocycles. The number of nitrogens with one attached hydrogen (secondary N) is 1. The number of carbonyl (C=O) groups excluding carboxylic acids is 2. The minimum atomic E-state index is -1.15. The number of aliphatic hydroxyl groups is 1. The van der Waals surface area contributed by atoms with E-state index < -0.39 is 23.7 Å². The molecule has 0 radical (unpaired) electrons. The van der Waals surface area contributed by atoms with Gasteiger partial charge in [0.2, 0.25) is 5.91 Å². The Morgan fingerprint density at radius 2 is 2.07 bits per heavy atom. The second-order valence-electron chi connectivity index (χ2n) is 6.78. The fraction of sp³-hybridized carbons (Fsp3) is 0.474. The summed E-state index contributed by atoms with van der Waals surface area (Å²) in [5.74, 6) is -1.50. The third kappa shape index (κ3) is 4.71. The molecular weight excluding hydrogens is 383 g/mol. The minimum absolute atomic E-state index is 0.0255. The van der Waals surface area contributed by atoms with Crippen LogP contribution in [0.4, 0.5) is 4.39 Å². The summed E-state index contributed by atoms with van der Waals surface area (Å²) in [5, 5.41) is 17.5. The third-order valence-corrected chi connectivity index (χ3v) is 5.36. The number of aliphatic hydroxyl groups excluding tert-OH is 1. The monoisotopic (exact) mass is 406 g/mol. The van der Waals surface area contributed by atoms with E-state index in [1.54, 1.807) is 6.07 Å². The molecule has 9 heteroatoms. The fourth-order valence-electron chi connectivity index (χ4n) is 3.49. The average molecular weight is 406 g/mol. The highest BCUT2D eigenvalue weighted by Crippen LogP contribution is 2.27. The van der Waals surface area contributed by atoms with Crippen LogP contribution in [0.3, 0.4) is 0 Å². The number of halogens is 1. The van der Waals surface area contributed by atoms with Crippen molar-refractivity contribution in [2.24, 2.45) is 0 Å². The summed E-state index contributed by atoms with van der Waals surface area (Å²) in [7, 11) is 0. The molecule has 1 fully saturated rings. The molecule has 1 atom stereocenters. The maximum atomic E-state index is 14.6. The van der Waals surface area contributed by atoms with Crippen LogP contribution in [-0.2, 0) is 4.79 Å². The molecule has 1 aliphatic rings. The summed E-state index contributed by atoms with van der Waals surface area (Å²) in [6.07, 6.45) is 4.07. The van der Waals surface area contributed by atoms with Crippen molar-refractivity contribution in [1.29, 1.82) is 0 Å². The van der Waals surface area contributed by atoms with E-state index in [2.05, 4.69) is 14.9 Å². The molecule has 0 saturated heterocycles. The summed E-state index contributed by atoms with van der Waals surface area (Å²) >= 11 is 1.02. The summed E-state index contributed by atoms with van der Waals surface area (Å²) in [4.78, 5) is 27.5. The highest BCUT2D eigenvalue weighted by molar-refractivity contribution is 7.03. The molecule has 1 aromatic heterocycles. The van der Waals surface area contributed by atoms with Gasteiger partial charge in [-0.3, -0.25) is 9.59 Å². The van der Waals surface area contributed by atoms with Crippen LogP contribution in [0.1, 0.15) is 54.2 Å². The van der Waals surface area contributed by atoms with Gasteiger partial charge in [0, 0.05) is 30.1 Å². The predicted octanol–water partition coefficient (Wildman–Crippen LogP) is 2.30. The van der Waals surface area contributed by atoms with Crippen molar-refractivity contribution in [2.45, 2.75) is 44.2 Å². The van der Waals surface area contributed by atoms with E-state index in [0.29, 0.717) is 0 Å². The Kier molecular flexibility index (Phi) is 7.05. The number of amides is 2. The van der Waals surface area contributed by atoms with Crippen molar-refractivity contribution >= 4 is 23.3 Å². The van der Waals surface area contributed by atoms with E-state index in [1.165, 1.54) is 28.5 Å². The fourth-order valence-corrected chi connectivity index (χ4v) is 3.92. The van der Waals surface area contributed by atoms with E-state index in [1.807, 2.05) is 0 Å². The zero-order valence-corrected chi connectivity index (χ0v) is 16.2. The van der Waals surface area contributed by atoms with E-state index >= 15 is 0 Å². The van der Waals surface area contributed by atoms with Crippen LogP contribution in [0.5, 0.6) is 0 Å². The molecule has 0 aliphatic heterocycles. The Labute approximate surface area is 166 Å². The number of hydrogen-bond donors (Lipinski definition) is 2. The normalized spacial score (nSPS) is 15.4. The first-order chi connectivity index (χ1) is 13.6.